The van der Waals surface area contributed by atoms with Gasteiger partial charge in [0, 0.05) is 0 Å². The fraction of sp³-hybridized carbons (Fsp3) is 1.00. The lowest BCUT2D eigenvalue weighted by atomic mass is 10.8. The molecule has 80 valence electrons. The van der Waals surface area contributed by atoms with E-state index in [-0.39, 0.29) is 26.4 Å². The minimum Gasteiger partial charge on any atom is -0.394 e. The molecule has 0 aliphatic carbocycles. The summed E-state index contributed by atoms with van der Waals surface area (Å²) in [5.74, 6) is 0. The summed E-state index contributed by atoms with van der Waals surface area (Å²) in [6.45, 7) is 0.224. The van der Waals surface area contributed by atoms with Crippen LogP contribution in [0.4, 0.5) is 0 Å². The first-order valence-electron chi connectivity index (χ1n) is 3.18. The van der Waals surface area contributed by atoms with E-state index in [0.717, 1.165) is 0 Å². The van der Waals surface area contributed by atoms with E-state index in [2.05, 4.69) is 15.3 Å². The van der Waals surface area contributed by atoms with Gasteiger partial charge in [-0.25, -0.2) is 0 Å². The Labute approximate surface area is 73.5 Å². The summed E-state index contributed by atoms with van der Waals surface area (Å²) in [6.07, 6.45) is 0. The third-order valence-corrected chi connectivity index (χ3v) is 0.505. The van der Waals surface area contributed by atoms with Crippen molar-refractivity contribution in [2.75, 3.05) is 26.4 Å². The largest absolute Gasteiger partial charge is 0.394 e. The number of aliphatic hydroxyl groups excluding tert-OH is 2. The summed E-state index contributed by atoms with van der Waals surface area (Å²) in [5.41, 5.74) is 2.07. The second-order valence-electron chi connectivity index (χ2n) is 1.47. The van der Waals surface area contributed by atoms with Gasteiger partial charge in [0.15, 0.2) is 0 Å². The molecular weight excluding hydrogens is 188 g/mol. The van der Waals surface area contributed by atoms with Gasteiger partial charge in [0.1, 0.15) is 0 Å². The maximum atomic E-state index is 8.36. The molecule has 0 aromatic rings. The highest BCUT2D eigenvalue weighted by Crippen LogP contribution is 1.67. The maximum Gasteiger partial charge on any atom is 0.291 e. The van der Waals surface area contributed by atoms with Gasteiger partial charge in [-0.15, -0.1) is 10.1 Å². The normalized spacial score (nSPS) is 8.77. The molecule has 0 amide bonds. The molecule has 0 unspecified atom stereocenters. The fourth-order valence-electron chi connectivity index (χ4n) is 0.216. The molecule has 0 rings (SSSR count). The van der Waals surface area contributed by atoms with E-state index in [1.165, 1.54) is 0 Å². The zero-order chi connectivity index (χ0) is 10.5. The van der Waals surface area contributed by atoms with E-state index in [9.17, 15) is 0 Å². The number of hydrogen-bond donors (Lipinski definition) is 4. The molecule has 0 aliphatic rings. The van der Waals surface area contributed by atoms with E-state index in [0.29, 0.717) is 0 Å². The Morgan fingerprint density at radius 2 is 1.54 bits per heavy atom. The summed E-state index contributed by atoms with van der Waals surface area (Å²) < 4.78 is 0. The Morgan fingerprint density at radius 1 is 1.23 bits per heavy atom. The van der Waals surface area contributed by atoms with Crippen LogP contribution >= 0.6 is 0 Å². The predicted octanol–water partition coefficient (Wildman–Crippen LogP) is -1.92. The van der Waals surface area contributed by atoms with Gasteiger partial charge in [-0.2, -0.15) is 0 Å². The Hall–Kier alpha value is -1.00. The zero-order valence-electron chi connectivity index (χ0n) is 6.75. The predicted molar refractivity (Wildman–Crippen MR) is 38.0 cm³/mol. The molecule has 9 nitrogen and oxygen atoms in total. The SMILES string of the molecule is O=[N+]([O-])O.OCCONOCCO. The van der Waals surface area contributed by atoms with Crippen LogP contribution < -0.4 is 5.64 Å². The number of rotatable bonds is 6. The van der Waals surface area contributed by atoms with Gasteiger partial charge in [0.2, 0.25) is 0 Å². The van der Waals surface area contributed by atoms with Crippen LogP contribution in [0.3, 0.4) is 0 Å². The van der Waals surface area contributed by atoms with Crippen LogP contribution in [0.5, 0.6) is 0 Å². The summed E-state index contributed by atoms with van der Waals surface area (Å²) >= 11 is 0. The van der Waals surface area contributed by atoms with Crippen LogP contribution in [-0.2, 0) is 9.68 Å². The minimum absolute atomic E-state index is 0.0600. The standard InChI is InChI=1S/C4H11NO4.HNO3/c6-1-3-8-5-9-4-2-7;2-1(3)4/h5-7H,1-4H2;(H,2,3,4). The number of aliphatic hydroxyl groups is 2. The lowest BCUT2D eigenvalue weighted by molar-refractivity contribution is -0.742. The molecule has 0 fully saturated rings. The van der Waals surface area contributed by atoms with Crippen LogP contribution in [0.15, 0.2) is 0 Å². The summed E-state index contributed by atoms with van der Waals surface area (Å²) in [7, 11) is 0. The van der Waals surface area contributed by atoms with Crippen LogP contribution in [0.2, 0.25) is 0 Å². The average molecular weight is 200 g/mol. The Balaban J connectivity index is 0. The van der Waals surface area contributed by atoms with E-state index in [1.807, 2.05) is 0 Å². The van der Waals surface area contributed by atoms with Crippen molar-refractivity contribution in [3.8, 4) is 0 Å². The molecule has 0 radical (unpaired) electrons. The molecule has 0 aromatic carbocycles. The molecule has 0 atom stereocenters. The first-order valence-corrected chi connectivity index (χ1v) is 3.18. The number of nitrogens with one attached hydrogen (secondary N) is 1. The first kappa shape index (κ1) is 14.5. The number of hydrogen-bond acceptors (Lipinski definition) is 7. The summed E-state index contributed by atoms with van der Waals surface area (Å²) in [6, 6.07) is 0. The molecule has 0 aromatic heterocycles. The van der Waals surface area contributed by atoms with Crippen molar-refractivity contribution >= 4 is 0 Å². The molecule has 13 heavy (non-hydrogen) atoms. The van der Waals surface area contributed by atoms with Crippen molar-refractivity contribution in [3.63, 3.8) is 0 Å². The van der Waals surface area contributed by atoms with Gasteiger partial charge < -0.3 is 15.4 Å². The molecule has 0 heterocycles. The van der Waals surface area contributed by atoms with Crippen molar-refractivity contribution in [2.24, 2.45) is 0 Å². The smallest absolute Gasteiger partial charge is 0.291 e. The van der Waals surface area contributed by atoms with Crippen LogP contribution in [0.25, 0.3) is 0 Å². The quantitative estimate of drug-likeness (QED) is 0.221. The van der Waals surface area contributed by atoms with Gasteiger partial charge in [0.05, 0.1) is 26.4 Å². The lowest BCUT2D eigenvalue weighted by Gasteiger charge is -2.01. The third-order valence-electron chi connectivity index (χ3n) is 0.505. The van der Waals surface area contributed by atoms with E-state index >= 15 is 0 Å². The van der Waals surface area contributed by atoms with E-state index < -0.39 is 5.09 Å². The molecule has 4 N–H and O–H groups in total. The highest BCUT2D eigenvalue weighted by molar-refractivity contribution is 4.16. The van der Waals surface area contributed by atoms with Crippen molar-refractivity contribution < 1.29 is 30.2 Å². The van der Waals surface area contributed by atoms with Crippen molar-refractivity contribution in [3.05, 3.63) is 10.1 Å². The Kier molecular flexibility index (Phi) is 15.2. The molecule has 0 aliphatic heterocycles. The van der Waals surface area contributed by atoms with Gasteiger partial charge in [-0.1, -0.05) is 5.64 Å². The van der Waals surface area contributed by atoms with Gasteiger partial charge in [-0.05, 0) is 0 Å². The summed E-state index contributed by atoms with van der Waals surface area (Å²) in [4.78, 5) is 17.3. The minimum atomic E-state index is -1.50. The highest BCUT2D eigenvalue weighted by atomic mass is 16.9. The summed E-state index contributed by atoms with van der Waals surface area (Å²) in [5, 5.41) is 29.9. The van der Waals surface area contributed by atoms with Gasteiger partial charge >= 0.3 is 0 Å². The van der Waals surface area contributed by atoms with Crippen LogP contribution in [0.1, 0.15) is 0 Å². The first-order chi connectivity index (χ1) is 6.15. The molecule has 0 bridgehead atoms. The van der Waals surface area contributed by atoms with Crippen molar-refractivity contribution in [2.45, 2.75) is 0 Å². The molecular formula is C4H12N2O7. The lowest BCUT2D eigenvalue weighted by Crippen LogP contribution is -2.19. The average Bonchev–Trinajstić information content (AvgIpc) is 2.03. The Morgan fingerprint density at radius 3 is 1.77 bits per heavy atom. The van der Waals surface area contributed by atoms with Crippen LogP contribution in [0, 0.1) is 10.1 Å². The second kappa shape index (κ2) is 13.6. The van der Waals surface area contributed by atoms with Crippen LogP contribution in [-0.4, -0.2) is 46.9 Å². The highest BCUT2D eigenvalue weighted by Gasteiger charge is 1.83. The van der Waals surface area contributed by atoms with Crippen molar-refractivity contribution in [1.29, 1.82) is 0 Å². The van der Waals surface area contributed by atoms with E-state index in [1.54, 1.807) is 0 Å². The van der Waals surface area contributed by atoms with Gasteiger partial charge in [0.25, 0.3) is 5.09 Å². The second-order valence-corrected chi connectivity index (χ2v) is 1.47. The number of nitrogens with zero attached hydrogens (tertiary/aromatic N) is 1. The molecule has 0 spiro atoms. The fourth-order valence-corrected chi connectivity index (χ4v) is 0.216. The Bertz CT molecular complexity index is 101. The molecule has 0 saturated heterocycles. The topological polar surface area (TPSA) is 134 Å². The third kappa shape index (κ3) is 35.6. The molecule has 0 saturated carbocycles. The molecule has 9 heteroatoms. The zero-order valence-corrected chi connectivity index (χ0v) is 6.75. The van der Waals surface area contributed by atoms with Gasteiger partial charge in [-0.3, -0.25) is 9.68 Å². The monoisotopic (exact) mass is 200 g/mol. The maximum absolute atomic E-state index is 8.36. The van der Waals surface area contributed by atoms with Crippen molar-refractivity contribution in [1.82, 2.24) is 5.64 Å². The van der Waals surface area contributed by atoms with E-state index in [4.69, 9.17) is 25.5 Å².